The minimum Gasteiger partial charge on any atom is -0.495 e. The first-order valence-electron chi connectivity index (χ1n) is 10.1. The summed E-state index contributed by atoms with van der Waals surface area (Å²) in [6.45, 7) is 5.37. The van der Waals surface area contributed by atoms with Gasteiger partial charge in [0.15, 0.2) is 0 Å². The molecule has 8 nitrogen and oxygen atoms in total. The van der Waals surface area contributed by atoms with E-state index in [1.54, 1.807) is 19.2 Å². The predicted molar refractivity (Wildman–Crippen MR) is 125 cm³/mol. The number of halogens is 1. The number of hydrogen-bond donors (Lipinski definition) is 3. The quantitative estimate of drug-likeness (QED) is 0.640. The first kappa shape index (κ1) is 22.2. The molecule has 0 radical (unpaired) electrons. The van der Waals surface area contributed by atoms with Gasteiger partial charge in [-0.2, -0.15) is 0 Å². The molecule has 0 bridgehead atoms. The van der Waals surface area contributed by atoms with Crippen LogP contribution in [0.15, 0.2) is 45.9 Å². The lowest BCUT2D eigenvalue weighted by molar-refractivity contribution is 0.102. The van der Waals surface area contributed by atoms with Crippen LogP contribution in [0.1, 0.15) is 43.2 Å². The van der Waals surface area contributed by atoms with Crippen molar-refractivity contribution in [2.45, 2.75) is 42.7 Å². The van der Waals surface area contributed by atoms with Gasteiger partial charge < -0.3 is 20.3 Å². The Balaban J connectivity index is 1.71. The fraction of sp³-hybridized carbons (Fsp3) is 0.364. The van der Waals surface area contributed by atoms with Crippen molar-refractivity contribution in [3.63, 3.8) is 0 Å². The summed E-state index contributed by atoms with van der Waals surface area (Å²) in [7, 11) is -1.08. The number of amides is 1. The summed E-state index contributed by atoms with van der Waals surface area (Å²) >= 11 is 0. The van der Waals surface area contributed by atoms with Gasteiger partial charge in [-0.3, -0.25) is 9.79 Å². The summed E-state index contributed by atoms with van der Waals surface area (Å²) in [5, 5.41) is 2.30. The number of methoxy groups -OCH3 is 1. The maximum Gasteiger partial charge on any atom is 0.274 e. The Labute approximate surface area is 187 Å². The number of ether oxygens (including phenoxy) is 1. The molecule has 3 heterocycles. The number of nitrogens with one attached hydrogen (secondary N) is 1. The minimum absolute atomic E-state index is 0.188. The van der Waals surface area contributed by atoms with Crippen LogP contribution >= 0.6 is 10.5 Å². The molecule has 32 heavy (non-hydrogen) atoms. The van der Waals surface area contributed by atoms with Crippen molar-refractivity contribution < 1.29 is 18.5 Å². The average molecular weight is 460 g/mol. The van der Waals surface area contributed by atoms with Crippen molar-refractivity contribution in [2.24, 2.45) is 15.1 Å². The second-order valence-corrected chi connectivity index (χ2v) is 11.5. The van der Waals surface area contributed by atoms with Crippen molar-refractivity contribution in [3.05, 3.63) is 53.6 Å². The van der Waals surface area contributed by atoms with Crippen molar-refractivity contribution in [2.75, 3.05) is 12.4 Å². The van der Waals surface area contributed by atoms with E-state index < -0.39 is 37.8 Å². The molecule has 0 saturated carbocycles. The smallest absolute Gasteiger partial charge is 0.274 e. The minimum atomic E-state index is -2.59. The van der Waals surface area contributed by atoms with Gasteiger partial charge >= 0.3 is 0 Å². The molecule has 2 aromatic rings. The topological polar surface area (TPSA) is 122 Å². The molecule has 2 aliphatic heterocycles. The van der Waals surface area contributed by atoms with Crippen LogP contribution in [-0.4, -0.2) is 44.6 Å². The van der Waals surface area contributed by atoms with Gasteiger partial charge in [0.2, 0.25) is 0 Å². The molecule has 1 aromatic heterocycles. The third kappa shape index (κ3) is 3.25. The molecule has 1 amide bonds. The van der Waals surface area contributed by atoms with Crippen molar-refractivity contribution in [1.29, 1.82) is 0 Å². The molecule has 4 N–H and O–H groups in total. The number of aliphatic imine (C=N–C) groups is 1. The number of fused-ring (bicyclic) bond motifs is 1. The Kier molecular flexibility index (Phi) is 5.25. The number of anilines is 1. The van der Waals surface area contributed by atoms with Crippen LogP contribution in [0.2, 0.25) is 0 Å². The van der Waals surface area contributed by atoms with E-state index in [2.05, 4.69) is 19.7 Å². The van der Waals surface area contributed by atoms with Crippen LogP contribution in [-0.2, 0) is 5.54 Å². The van der Waals surface area contributed by atoms with E-state index in [-0.39, 0.29) is 17.1 Å². The Morgan fingerprint density at radius 1 is 1.31 bits per heavy atom. The highest BCUT2D eigenvalue weighted by Crippen LogP contribution is 2.70. The molecule has 1 aromatic carbocycles. The summed E-state index contributed by atoms with van der Waals surface area (Å²) in [6, 6.07) is 7.43. The fourth-order valence-corrected chi connectivity index (χ4v) is 7.13. The molecule has 170 valence electrons. The van der Waals surface area contributed by atoms with Crippen molar-refractivity contribution in [1.82, 2.24) is 4.98 Å². The molecule has 0 saturated heterocycles. The average Bonchev–Trinajstić information content (AvgIpc) is 3.18. The highest BCUT2D eigenvalue weighted by molar-refractivity contribution is 8.30. The number of carbonyl (C=O) groups excluding carboxylic acids is 1. The zero-order chi connectivity index (χ0) is 23.3. The molecule has 1 unspecified atom stereocenters. The zero-order valence-corrected chi connectivity index (χ0v) is 19.1. The van der Waals surface area contributed by atoms with Gasteiger partial charge in [0, 0.05) is 23.9 Å². The first-order valence-corrected chi connectivity index (χ1v) is 11.7. The first-order chi connectivity index (χ1) is 15.0. The number of nitrogens with zero attached hydrogens (tertiary/aromatic N) is 3. The Morgan fingerprint density at radius 3 is 2.72 bits per heavy atom. The van der Waals surface area contributed by atoms with E-state index in [0.717, 1.165) is 0 Å². The highest BCUT2D eigenvalue weighted by Gasteiger charge is 2.60. The second kappa shape index (κ2) is 7.56. The van der Waals surface area contributed by atoms with E-state index >= 15 is 4.39 Å². The Hall–Kier alpha value is -2.98. The number of nitrogens with two attached hydrogens (primary N) is 1. The van der Waals surface area contributed by atoms with E-state index in [4.69, 9.17) is 10.5 Å². The molecule has 0 fully saturated rings. The maximum absolute atomic E-state index is 15.1. The zero-order valence-electron chi connectivity index (χ0n) is 18.3. The summed E-state index contributed by atoms with van der Waals surface area (Å²) in [6.07, 6.45) is 3.57. The molecular weight excluding hydrogens is 433 g/mol. The van der Waals surface area contributed by atoms with Crippen LogP contribution in [0.5, 0.6) is 5.75 Å². The molecule has 10 heteroatoms. The molecule has 4 rings (SSSR count). The third-order valence-electron chi connectivity index (χ3n) is 6.27. The largest absolute Gasteiger partial charge is 0.495 e. The maximum atomic E-state index is 15.1. The molecular formula is C22H26FN5O3S. The van der Waals surface area contributed by atoms with E-state index in [1.165, 1.54) is 37.6 Å². The summed E-state index contributed by atoms with van der Waals surface area (Å²) < 4.78 is 35.2. The molecule has 3 atom stereocenters. The van der Waals surface area contributed by atoms with Crippen LogP contribution in [0.4, 0.5) is 10.1 Å². The second-order valence-electron chi connectivity index (χ2n) is 8.49. The van der Waals surface area contributed by atoms with Crippen LogP contribution in [0.3, 0.4) is 0 Å². The standard InChI is InChI=1S/C22H26FN5O3S/c1-21(2)20(24)28-22(3,18-9-10-26-32(18,21)30)15-11-13(5-7-16(15)23)27-19(29)17-8-6-14(31-4)12-25-17/h5-8,10-12,18,30H,9H2,1-4H3,(H2,24,28)(H,27,29)/t18-,22+/m0/s1. The van der Waals surface area contributed by atoms with Gasteiger partial charge in [-0.15, -0.1) is 0 Å². The number of carbonyl (C=O) groups is 1. The predicted octanol–water partition coefficient (Wildman–Crippen LogP) is 3.88. The third-order valence-corrected chi connectivity index (χ3v) is 9.90. The SMILES string of the molecule is COc1ccc(C(=O)Nc2ccc(F)c([C@@]3(C)N=C(N)C(C)(C)S4(O)N=CC[C@@H]34)c2)nc1. The number of amidine groups is 1. The molecule has 0 spiro atoms. The molecule has 2 aliphatic rings. The highest BCUT2D eigenvalue weighted by atomic mass is 32.3. The van der Waals surface area contributed by atoms with Gasteiger partial charge in [-0.1, -0.05) is 0 Å². The van der Waals surface area contributed by atoms with Gasteiger partial charge in [0.25, 0.3) is 5.91 Å². The number of benzene rings is 1. The normalized spacial score (nSPS) is 30.1. The number of rotatable bonds is 4. The summed E-state index contributed by atoms with van der Waals surface area (Å²) in [5.74, 6) is -0.195. The summed E-state index contributed by atoms with van der Waals surface area (Å²) in [4.78, 5) is 21.4. The van der Waals surface area contributed by atoms with Crippen LogP contribution < -0.4 is 15.8 Å². The Morgan fingerprint density at radius 2 is 2.06 bits per heavy atom. The lowest BCUT2D eigenvalue weighted by atomic mass is 9.86. The fourth-order valence-electron chi connectivity index (χ4n) is 4.16. The monoisotopic (exact) mass is 459 g/mol. The van der Waals surface area contributed by atoms with Crippen molar-refractivity contribution >= 4 is 34.1 Å². The lowest BCUT2D eigenvalue weighted by Gasteiger charge is -2.54. The van der Waals surface area contributed by atoms with Crippen LogP contribution in [0.25, 0.3) is 0 Å². The van der Waals surface area contributed by atoms with Gasteiger partial charge in [-0.05, 0) is 61.6 Å². The van der Waals surface area contributed by atoms with E-state index in [9.17, 15) is 9.35 Å². The van der Waals surface area contributed by atoms with Crippen LogP contribution in [0, 0.1) is 5.82 Å². The number of hydrogen-bond acceptors (Lipinski definition) is 7. The lowest BCUT2D eigenvalue weighted by Crippen LogP contribution is -2.55. The molecule has 0 aliphatic carbocycles. The van der Waals surface area contributed by atoms with E-state index in [1.807, 2.05) is 13.8 Å². The number of pyridine rings is 1. The van der Waals surface area contributed by atoms with Gasteiger partial charge in [0.05, 0.1) is 23.3 Å². The van der Waals surface area contributed by atoms with Crippen molar-refractivity contribution in [3.8, 4) is 5.75 Å². The summed E-state index contributed by atoms with van der Waals surface area (Å²) in [5.41, 5.74) is 5.91. The Bertz CT molecular complexity index is 1140. The van der Waals surface area contributed by atoms with E-state index in [0.29, 0.717) is 17.9 Å². The van der Waals surface area contributed by atoms with Gasteiger partial charge in [0.1, 0.15) is 28.6 Å². The number of aromatic nitrogens is 1. The van der Waals surface area contributed by atoms with Gasteiger partial charge in [-0.25, -0.2) is 13.8 Å².